The lowest BCUT2D eigenvalue weighted by atomic mass is 10.1. The molecule has 6 heteroatoms. The summed E-state index contributed by atoms with van der Waals surface area (Å²) >= 11 is 0. The van der Waals surface area contributed by atoms with Crippen molar-refractivity contribution in [3.05, 3.63) is 29.6 Å². The molecule has 2 atom stereocenters. The number of nitrogens with zero attached hydrogens (tertiary/aromatic N) is 1. The Balaban J connectivity index is 1.97. The predicted molar refractivity (Wildman–Crippen MR) is 67.1 cm³/mol. The number of carboxylic acids is 1. The van der Waals surface area contributed by atoms with Gasteiger partial charge in [0.1, 0.15) is 5.69 Å². The van der Waals surface area contributed by atoms with Crippen LogP contribution in [0.1, 0.15) is 40.6 Å². The van der Waals surface area contributed by atoms with Crippen LogP contribution in [0.15, 0.2) is 18.3 Å². The highest BCUT2D eigenvalue weighted by Gasteiger charge is 2.24. The first-order chi connectivity index (χ1) is 9.08. The number of hydrogen-bond donors (Lipinski definition) is 2. The molecule has 2 N–H and O–H groups in total. The first kappa shape index (κ1) is 13.5. The van der Waals surface area contributed by atoms with E-state index in [2.05, 4.69) is 10.3 Å². The molecule has 2 unspecified atom stereocenters. The number of rotatable bonds is 4. The molecule has 0 aliphatic carbocycles. The molecule has 0 spiro atoms. The van der Waals surface area contributed by atoms with Crippen molar-refractivity contribution in [2.75, 3.05) is 6.61 Å². The van der Waals surface area contributed by atoms with Gasteiger partial charge in [0.15, 0.2) is 0 Å². The SMILES string of the molecule is CC(NC(=O)c1ccc(C(=O)O)cn1)C1CCCO1. The largest absolute Gasteiger partial charge is 0.478 e. The van der Waals surface area contributed by atoms with E-state index >= 15 is 0 Å². The van der Waals surface area contributed by atoms with Gasteiger partial charge in [-0.1, -0.05) is 0 Å². The minimum atomic E-state index is -1.06. The number of amides is 1. The molecule has 19 heavy (non-hydrogen) atoms. The molecule has 1 aliphatic heterocycles. The first-order valence-corrected chi connectivity index (χ1v) is 6.20. The van der Waals surface area contributed by atoms with Gasteiger partial charge in [0.05, 0.1) is 17.7 Å². The zero-order chi connectivity index (χ0) is 13.8. The van der Waals surface area contributed by atoms with Gasteiger partial charge in [0.2, 0.25) is 0 Å². The van der Waals surface area contributed by atoms with Gasteiger partial charge >= 0.3 is 5.97 Å². The van der Waals surface area contributed by atoms with Crippen molar-refractivity contribution in [3.63, 3.8) is 0 Å². The minimum Gasteiger partial charge on any atom is -0.478 e. The predicted octanol–water partition coefficient (Wildman–Crippen LogP) is 1.08. The Hall–Kier alpha value is -1.95. The van der Waals surface area contributed by atoms with E-state index in [1.165, 1.54) is 18.3 Å². The number of nitrogens with one attached hydrogen (secondary N) is 1. The van der Waals surface area contributed by atoms with Crippen LogP contribution in [0.3, 0.4) is 0 Å². The fourth-order valence-corrected chi connectivity index (χ4v) is 2.03. The Kier molecular flexibility index (Phi) is 4.11. The molecular formula is C13H16N2O4. The van der Waals surface area contributed by atoms with E-state index in [4.69, 9.17) is 9.84 Å². The van der Waals surface area contributed by atoms with Gasteiger partial charge in [0, 0.05) is 12.8 Å². The van der Waals surface area contributed by atoms with E-state index in [1.807, 2.05) is 6.92 Å². The molecule has 6 nitrogen and oxygen atoms in total. The summed E-state index contributed by atoms with van der Waals surface area (Å²) in [5, 5.41) is 11.6. The number of pyridine rings is 1. The number of aromatic carboxylic acids is 1. The van der Waals surface area contributed by atoms with Crippen LogP contribution in [0.4, 0.5) is 0 Å². The van der Waals surface area contributed by atoms with Gasteiger partial charge < -0.3 is 15.2 Å². The van der Waals surface area contributed by atoms with Crippen molar-refractivity contribution in [1.29, 1.82) is 0 Å². The number of carboxylic acid groups (broad SMARTS) is 1. The van der Waals surface area contributed by atoms with Gasteiger partial charge in [-0.2, -0.15) is 0 Å². The molecule has 2 rings (SSSR count). The van der Waals surface area contributed by atoms with Crippen LogP contribution in [0.5, 0.6) is 0 Å². The summed E-state index contributed by atoms with van der Waals surface area (Å²) in [6.07, 6.45) is 3.17. The van der Waals surface area contributed by atoms with Crippen LogP contribution < -0.4 is 5.32 Å². The summed E-state index contributed by atoms with van der Waals surface area (Å²) in [5.74, 6) is -1.38. The smallest absolute Gasteiger partial charge is 0.337 e. The van der Waals surface area contributed by atoms with Crippen LogP contribution in [-0.2, 0) is 4.74 Å². The lowest BCUT2D eigenvalue weighted by Crippen LogP contribution is -2.41. The Morgan fingerprint density at radius 2 is 2.32 bits per heavy atom. The molecule has 1 aromatic rings. The molecule has 1 aliphatic rings. The van der Waals surface area contributed by atoms with Crippen LogP contribution in [0.25, 0.3) is 0 Å². The molecule has 0 radical (unpaired) electrons. The lowest BCUT2D eigenvalue weighted by molar-refractivity contribution is 0.0692. The zero-order valence-electron chi connectivity index (χ0n) is 10.6. The fraction of sp³-hybridized carbons (Fsp3) is 0.462. The van der Waals surface area contributed by atoms with Crippen LogP contribution in [0.2, 0.25) is 0 Å². The molecule has 0 aromatic carbocycles. The Labute approximate surface area is 110 Å². The second-order valence-electron chi connectivity index (χ2n) is 4.55. The Morgan fingerprint density at radius 3 is 2.84 bits per heavy atom. The summed E-state index contributed by atoms with van der Waals surface area (Å²) in [6.45, 7) is 2.62. The van der Waals surface area contributed by atoms with Crippen molar-refractivity contribution < 1.29 is 19.4 Å². The Morgan fingerprint density at radius 1 is 1.53 bits per heavy atom. The molecule has 1 aromatic heterocycles. The molecule has 1 amide bonds. The summed E-state index contributed by atoms with van der Waals surface area (Å²) in [5.41, 5.74) is 0.263. The number of carbonyl (C=O) groups is 2. The van der Waals surface area contributed by atoms with Gasteiger partial charge in [-0.05, 0) is 31.9 Å². The molecule has 0 saturated carbocycles. The zero-order valence-corrected chi connectivity index (χ0v) is 10.6. The molecule has 102 valence electrons. The van der Waals surface area contributed by atoms with Gasteiger partial charge in [-0.3, -0.25) is 9.78 Å². The second-order valence-corrected chi connectivity index (χ2v) is 4.55. The molecule has 1 fully saturated rings. The minimum absolute atomic E-state index is 0.0437. The Bertz CT molecular complexity index is 466. The summed E-state index contributed by atoms with van der Waals surface area (Å²) < 4.78 is 5.49. The summed E-state index contributed by atoms with van der Waals surface area (Å²) in [6, 6.07) is 2.68. The number of ether oxygens (including phenoxy) is 1. The van der Waals surface area contributed by atoms with Gasteiger partial charge in [-0.15, -0.1) is 0 Å². The van der Waals surface area contributed by atoms with Crippen LogP contribution in [0, 0.1) is 0 Å². The highest BCUT2D eigenvalue weighted by Crippen LogP contribution is 2.15. The number of hydrogen-bond acceptors (Lipinski definition) is 4. The molecule has 1 saturated heterocycles. The van der Waals surface area contributed by atoms with E-state index in [0.717, 1.165) is 19.4 Å². The summed E-state index contributed by atoms with van der Waals surface area (Å²) in [4.78, 5) is 26.4. The third kappa shape index (κ3) is 3.29. The average Bonchev–Trinajstić information content (AvgIpc) is 2.92. The van der Waals surface area contributed by atoms with Crippen molar-refractivity contribution in [1.82, 2.24) is 10.3 Å². The van der Waals surface area contributed by atoms with Crippen LogP contribution >= 0.6 is 0 Å². The number of carbonyl (C=O) groups excluding carboxylic acids is 1. The lowest BCUT2D eigenvalue weighted by Gasteiger charge is -2.19. The third-order valence-electron chi connectivity index (χ3n) is 3.12. The molecular weight excluding hydrogens is 248 g/mol. The maximum Gasteiger partial charge on any atom is 0.337 e. The highest BCUT2D eigenvalue weighted by molar-refractivity contribution is 5.93. The maximum absolute atomic E-state index is 11.9. The van der Waals surface area contributed by atoms with Crippen molar-refractivity contribution in [3.8, 4) is 0 Å². The van der Waals surface area contributed by atoms with Gasteiger partial charge in [0.25, 0.3) is 5.91 Å². The van der Waals surface area contributed by atoms with Crippen molar-refractivity contribution in [2.24, 2.45) is 0 Å². The van der Waals surface area contributed by atoms with Crippen molar-refractivity contribution >= 4 is 11.9 Å². The highest BCUT2D eigenvalue weighted by atomic mass is 16.5. The third-order valence-corrected chi connectivity index (χ3v) is 3.12. The standard InChI is InChI=1S/C13H16N2O4/c1-8(11-3-2-6-19-11)15-12(16)10-5-4-9(7-14-10)13(17)18/h4-5,7-8,11H,2-3,6H2,1H3,(H,15,16)(H,17,18). The average molecular weight is 264 g/mol. The van der Waals surface area contributed by atoms with E-state index in [0.29, 0.717) is 0 Å². The monoisotopic (exact) mass is 264 g/mol. The molecule has 0 bridgehead atoms. The van der Waals surface area contributed by atoms with E-state index in [9.17, 15) is 9.59 Å². The summed E-state index contributed by atoms with van der Waals surface area (Å²) in [7, 11) is 0. The van der Waals surface area contributed by atoms with Crippen LogP contribution in [-0.4, -0.2) is 40.7 Å². The quantitative estimate of drug-likeness (QED) is 0.849. The maximum atomic E-state index is 11.9. The first-order valence-electron chi connectivity index (χ1n) is 6.20. The normalized spacial score (nSPS) is 19.9. The number of aromatic nitrogens is 1. The molecule has 2 heterocycles. The van der Waals surface area contributed by atoms with E-state index in [-0.39, 0.29) is 29.3 Å². The van der Waals surface area contributed by atoms with Crippen molar-refractivity contribution in [2.45, 2.75) is 31.9 Å². The van der Waals surface area contributed by atoms with Gasteiger partial charge in [-0.25, -0.2) is 4.79 Å². The topological polar surface area (TPSA) is 88.5 Å². The fourth-order valence-electron chi connectivity index (χ4n) is 2.03. The van der Waals surface area contributed by atoms with E-state index in [1.54, 1.807) is 0 Å². The second kappa shape index (κ2) is 5.79. The van der Waals surface area contributed by atoms with E-state index < -0.39 is 5.97 Å².